The molecule has 2 unspecified atom stereocenters. The molecule has 5 nitrogen and oxygen atoms in total. The summed E-state index contributed by atoms with van der Waals surface area (Å²) in [4.78, 5) is 10.5. The minimum Gasteiger partial charge on any atom is -0.483 e. The number of halogens is 1. The van der Waals surface area contributed by atoms with Crippen molar-refractivity contribution in [2.45, 2.75) is 32.4 Å². The molecule has 0 spiro atoms. The van der Waals surface area contributed by atoms with Crippen molar-refractivity contribution in [3.63, 3.8) is 0 Å². The zero-order valence-electron chi connectivity index (χ0n) is 11.1. The Hall–Kier alpha value is -1.33. The number of rotatable bonds is 4. The summed E-state index contributed by atoms with van der Waals surface area (Å²) in [6, 6.07) is 4.84. The molecule has 19 heavy (non-hydrogen) atoms. The van der Waals surface area contributed by atoms with Crippen LogP contribution < -0.4 is 10.1 Å². The van der Waals surface area contributed by atoms with Gasteiger partial charge in [-0.1, -0.05) is 25.4 Å². The first-order valence-corrected chi connectivity index (χ1v) is 6.52. The van der Waals surface area contributed by atoms with E-state index >= 15 is 0 Å². The van der Waals surface area contributed by atoms with Crippen LogP contribution in [-0.2, 0) is 0 Å². The van der Waals surface area contributed by atoms with Crippen molar-refractivity contribution in [1.82, 2.24) is 5.32 Å². The lowest BCUT2D eigenvalue weighted by Gasteiger charge is -2.51. The van der Waals surface area contributed by atoms with Gasteiger partial charge in [0.1, 0.15) is 6.10 Å². The molecule has 1 saturated carbocycles. The SMILES string of the molecule is CNC1CC(Oc2ccc(Cl)cc2[N+](=O)[O-])C1(C)C. The Labute approximate surface area is 117 Å². The molecule has 0 aliphatic heterocycles. The predicted molar refractivity (Wildman–Crippen MR) is 73.8 cm³/mol. The van der Waals surface area contributed by atoms with Crippen LogP contribution in [0.5, 0.6) is 5.75 Å². The van der Waals surface area contributed by atoms with E-state index in [0.717, 1.165) is 6.42 Å². The van der Waals surface area contributed by atoms with Crippen LogP contribution in [0, 0.1) is 15.5 Å². The third kappa shape index (κ3) is 2.53. The van der Waals surface area contributed by atoms with Gasteiger partial charge in [0.05, 0.1) is 4.92 Å². The summed E-state index contributed by atoms with van der Waals surface area (Å²) in [7, 11) is 1.91. The molecule has 1 aliphatic rings. The average molecular weight is 285 g/mol. The second-order valence-electron chi connectivity index (χ2n) is 5.37. The van der Waals surface area contributed by atoms with Gasteiger partial charge in [0, 0.05) is 29.0 Å². The molecule has 1 aromatic carbocycles. The monoisotopic (exact) mass is 284 g/mol. The molecule has 0 aromatic heterocycles. The van der Waals surface area contributed by atoms with Crippen LogP contribution >= 0.6 is 11.6 Å². The third-order valence-corrected chi connectivity index (χ3v) is 4.15. The van der Waals surface area contributed by atoms with E-state index in [-0.39, 0.29) is 23.0 Å². The van der Waals surface area contributed by atoms with E-state index in [9.17, 15) is 10.1 Å². The number of ether oxygens (including phenoxy) is 1. The Morgan fingerprint density at radius 2 is 2.21 bits per heavy atom. The topological polar surface area (TPSA) is 64.4 Å². The minimum absolute atomic E-state index is 0.0372. The quantitative estimate of drug-likeness (QED) is 0.682. The molecule has 1 aromatic rings. The van der Waals surface area contributed by atoms with Crippen LogP contribution in [-0.4, -0.2) is 24.1 Å². The van der Waals surface area contributed by atoms with Crippen molar-refractivity contribution < 1.29 is 9.66 Å². The molecule has 0 saturated heterocycles. The van der Waals surface area contributed by atoms with Gasteiger partial charge in [-0.25, -0.2) is 0 Å². The second kappa shape index (κ2) is 4.98. The maximum atomic E-state index is 11.0. The van der Waals surface area contributed by atoms with E-state index in [2.05, 4.69) is 19.2 Å². The van der Waals surface area contributed by atoms with Gasteiger partial charge in [-0.3, -0.25) is 10.1 Å². The van der Waals surface area contributed by atoms with Gasteiger partial charge in [0.15, 0.2) is 5.75 Å². The summed E-state index contributed by atoms with van der Waals surface area (Å²) in [5.74, 6) is 0.280. The molecular weight excluding hydrogens is 268 g/mol. The largest absolute Gasteiger partial charge is 0.483 e. The van der Waals surface area contributed by atoms with Gasteiger partial charge >= 0.3 is 5.69 Å². The highest BCUT2D eigenvalue weighted by molar-refractivity contribution is 6.30. The number of nitro groups is 1. The summed E-state index contributed by atoms with van der Waals surface area (Å²) < 4.78 is 5.80. The van der Waals surface area contributed by atoms with Crippen molar-refractivity contribution in [1.29, 1.82) is 0 Å². The molecule has 1 N–H and O–H groups in total. The summed E-state index contributed by atoms with van der Waals surface area (Å²) in [5.41, 5.74) is -0.140. The lowest BCUT2D eigenvalue weighted by Crippen LogP contribution is -2.61. The van der Waals surface area contributed by atoms with Gasteiger partial charge in [0.2, 0.25) is 0 Å². The highest BCUT2D eigenvalue weighted by atomic mass is 35.5. The zero-order chi connectivity index (χ0) is 14.2. The van der Waals surface area contributed by atoms with Crippen molar-refractivity contribution >= 4 is 17.3 Å². The molecule has 0 amide bonds. The standard InChI is InChI=1S/C13H17ClN2O3/c1-13(2)11(15-3)7-12(13)19-10-5-4-8(14)6-9(10)16(17)18/h4-6,11-12,15H,7H2,1-3H3. The van der Waals surface area contributed by atoms with Gasteiger partial charge in [0.25, 0.3) is 0 Å². The number of nitrogens with one attached hydrogen (secondary N) is 1. The lowest BCUT2D eigenvalue weighted by molar-refractivity contribution is -0.386. The molecule has 2 atom stereocenters. The van der Waals surface area contributed by atoms with Gasteiger partial charge in [-0.15, -0.1) is 0 Å². The van der Waals surface area contributed by atoms with Crippen LogP contribution in [0.15, 0.2) is 18.2 Å². The minimum atomic E-state index is -0.470. The predicted octanol–water partition coefficient (Wildman–Crippen LogP) is 3.01. The first-order chi connectivity index (χ1) is 8.86. The summed E-state index contributed by atoms with van der Waals surface area (Å²) in [5, 5.41) is 14.6. The van der Waals surface area contributed by atoms with Gasteiger partial charge in [-0.05, 0) is 19.2 Å². The normalized spacial score (nSPS) is 24.6. The molecule has 1 fully saturated rings. The van der Waals surface area contributed by atoms with Crippen LogP contribution in [0.4, 0.5) is 5.69 Å². The number of nitrogens with zero attached hydrogens (tertiary/aromatic N) is 1. The van der Waals surface area contributed by atoms with Crippen molar-refractivity contribution in [2.75, 3.05) is 7.05 Å². The lowest BCUT2D eigenvalue weighted by atomic mass is 9.64. The number of hydrogen-bond acceptors (Lipinski definition) is 4. The molecular formula is C13H17ClN2O3. The molecule has 1 aliphatic carbocycles. The van der Waals surface area contributed by atoms with Crippen LogP contribution in [0.1, 0.15) is 20.3 Å². The summed E-state index contributed by atoms with van der Waals surface area (Å²) in [6.07, 6.45) is 0.799. The third-order valence-electron chi connectivity index (χ3n) is 3.91. The summed E-state index contributed by atoms with van der Waals surface area (Å²) >= 11 is 5.78. The van der Waals surface area contributed by atoms with E-state index < -0.39 is 4.92 Å². The Kier molecular flexibility index (Phi) is 3.69. The Morgan fingerprint density at radius 1 is 1.53 bits per heavy atom. The first-order valence-electron chi connectivity index (χ1n) is 6.14. The van der Waals surface area contributed by atoms with Gasteiger partial charge in [-0.2, -0.15) is 0 Å². The molecule has 6 heteroatoms. The van der Waals surface area contributed by atoms with Crippen LogP contribution in [0.25, 0.3) is 0 Å². The van der Waals surface area contributed by atoms with Crippen molar-refractivity contribution in [3.05, 3.63) is 33.3 Å². The van der Waals surface area contributed by atoms with Gasteiger partial charge < -0.3 is 10.1 Å². The highest BCUT2D eigenvalue weighted by Crippen LogP contribution is 2.44. The van der Waals surface area contributed by atoms with Crippen LogP contribution in [0.2, 0.25) is 5.02 Å². The smallest absolute Gasteiger partial charge is 0.312 e. The summed E-state index contributed by atoms with van der Waals surface area (Å²) in [6.45, 7) is 4.17. The number of hydrogen-bond donors (Lipinski definition) is 1. The average Bonchev–Trinajstić information content (AvgIpc) is 2.35. The van der Waals surface area contributed by atoms with Crippen LogP contribution in [0.3, 0.4) is 0 Å². The molecule has 0 heterocycles. The Balaban J connectivity index is 2.19. The van der Waals surface area contributed by atoms with E-state index in [1.165, 1.54) is 6.07 Å². The first kappa shape index (κ1) is 14.1. The Morgan fingerprint density at radius 3 is 2.74 bits per heavy atom. The molecule has 104 valence electrons. The van der Waals surface area contributed by atoms with E-state index in [0.29, 0.717) is 11.1 Å². The fourth-order valence-corrected chi connectivity index (χ4v) is 2.63. The Bertz CT molecular complexity index is 505. The van der Waals surface area contributed by atoms with Crippen molar-refractivity contribution in [2.24, 2.45) is 5.41 Å². The molecule has 0 bridgehead atoms. The number of nitro benzene ring substituents is 1. The number of benzene rings is 1. The van der Waals surface area contributed by atoms with E-state index in [1.54, 1.807) is 12.1 Å². The second-order valence-corrected chi connectivity index (χ2v) is 5.81. The highest BCUT2D eigenvalue weighted by Gasteiger charge is 2.49. The maximum Gasteiger partial charge on any atom is 0.312 e. The van der Waals surface area contributed by atoms with E-state index in [4.69, 9.17) is 16.3 Å². The maximum absolute atomic E-state index is 11.0. The molecule has 0 radical (unpaired) electrons. The van der Waals surface area contributed by atoms with Crippen molar-refractivity contribution in [3.8, 4) is 5.75 Å². The van der Waals surface area contributed by atoms with E-state index in [1.807, 2.05) is 7.05 Å². The fourth-order valence-electron chi connectivity index (χ4n) is 2.46. The molecule has 2 rings (SSSR count). The zero-order valence-corrected chi connectivity index (χ0v) is 11.9. The fraction of sp³-hybridized carbons (Fsp3) is 0.538.